The summed E-state index contributed by atoms with van der Waals surface area (Å²) in [4.78, 5) is 54.1. The predicted octanol–water partition coefficient (Wildman–Crippen LogP) is 5.66. The van der Waals surface area contributed by atoms with Crippen LogP contribution in [-0.2, 0) is 9.59 Å². The van der Waals surface area contributed by atoms with Gasteiger partial charge >= 0.3 is 0 Å². The van der Waals surface area contributed by atoms with Crippen LogP contribution in [0.15, 0.2) is 42.5 Å². The monoisotopic (exact) mass is 660 g/mol. The van der Waals surface area contributed by atoms with E-state index in [0.29, 0.717) is 10.0 Å². The number of hydrazine groups is 1. The maximum Gasteiger partial charge on any atom is 0.273 e. The van der Waals surface area contributed by atoms with Gasteiger partial charge in [-0.25, -0.2) is 5.01 Å². The van der Waals surface area contributed by atoms with Crippen molar-refractivity contribution in [1.29, 1.82) is 0 Å². The van der Waals surface area contributed by atoms with Crippen LogP contribution in [0.1, 0.15) is 27.1 Å². The average Bonchev–Trinajstić information content (AvgIpc) is 3.42. The number of carbonyl (C=O) groups is 4. The number of ketones is 1. The Hall–Kier alpha value is -1.45. The van der Waals surface area contributed by atoms with E-state index in [4.69, 9.17) is 34.8 Å². The molecule has 3 amide bonds. The van der Waals surface area contributed by atoms with Crippen LogP contribution in [0.2, 0.25) is 15.1 Å². The summed E-state index contributed by atoms with van der Waals surface area (Å²) < 4.78 is 0. The van der Waals surface area contributed by atoms with Crippen LogP contribution in [0.5, 0.6) is 0 Å². The maximum atomic E-state index is 13.6. The minimum Gasteiger partial charge on any atom is -0.292 e. The molecule has 3 aliphatic rings. The fourth-order valence-electron chi connectivity index (χ4n) is 5.48. The second kappa shape index (κ2) is 9.45. The third-order valence-electron chi connectivity index (χ3n) is 7.06. The van der Waals surface area contributed by atoms with Gasteiger partial charge in [0.1, 0.15) is 6.54 Å². The van der Waals surface area contributed by atoms with Crippen molar-refractivity contribution in [3.8, 4) is 0 Å². The van der Waals surface area contributed by atoms with Gasteiger partial charge in [-0.2, -0.15) is 5.01 Å². The van der Waals surface area contributed by atoms with Crippen molar-refractivity contribution in [1.82, 2.24) is 10.0 Å². The predicted molar refractivity (Wildman–Crippen MR) is 139 cm³/mol. The molecule has 0 aromatic heterocycles. The number of fused-ring (bicyclic) bond motifs is 5. The summed E-state index contributed by atoms with van der Waals surface area (Å²) in [7, 11) is 0. The first-order valence-corrected chi connectivity index (χ1v) is 13.8. The standard InChI is InChI=1S/C24H17Br2Cl3N2O4/c25-20-14-8-15(21(20)26)19-18(14)23(34)31(24(19)35)30(22(33)10-1-3-11(27)4-2-10)9-17(32)13-6-5-12(28)7-16(13)29/h1-7,14-15,18-21H,8-9H2/t14-,15-,18-,19-,20-,21+/m1/s1. The number of hydrogen-bond donors (Lipinski definition) is 0. The van der Waals surface area contributed by atoms with Crippen LogP contribution in [0.3, 0.4) is 0 Å². The molecule has 0 spiro atoms. The molecule has 0 radical (unpaired) electrons. The van der Waals surface area contributed by atoms with Crippen molar-refractivity contribution in [3.63, 3.8) is 0 Å². The molecule has 6 nitrogen and oxygen atoms in total. The highest BCUT2D eigenvalue weighted by molar-refractivity contribution is 9.12. The van der Waals surface area contributed by atoms with Crippen molar-refractivity contribution in [2.45, 2.75) is 16.1 Å². The molecule has 1 aliphatic heterocycles. The van der Waals surface area contributed by atoms with Gasteiger partial charge in [0.05, 0.1) is 16.9 Å². The van der Waals surface area contributed by atoms with Crippen LogP contribution in [-0.4, -0.2) is 49.7 Å². The molecule has 182 valence electrons. The van der Waals surface area contributed by atoms with Crippen LogP contribution in [0.25, 0.3) is 0 Å². The van der Waals surface area contributed by atoms with Crippen LogP contribution in [0.4, 0.5) is 0 Å². The molecule has 1 heterocycles. The quantitative estimate of drug-likeness (QED) is 0.235. The van der Waals surface area contributed by atoms with Crippen LogP contribution >= 0.6 is 66.7 Å². The molecule has 2 bridgehead atoms. The summed E-state index contributed by atoms with van der Waals surface area (Å²) in [6.07, 6.45) is 0.747. The molecular weight excluding hydrogens is 646 g/mol. The van der Waals surface area contributed by atoms with E-state index in [9.17, 15) is 19.2 Å². The van der Waals surface area contributed by atoms with Gasteiger partial charge in [0.15, 0.2) is 5.78 Å². The van der Waals surface area contributed by atoms with E-state index >= 15 is 0 Å². The van der Waals surface area contributed by atoms with E-state index in [1.54, 1.807) is 0 Å². The molecule has 0 N–H and O–H groups in total. The van der Waals surface area contributed by atoms with Gasteiger partial charge in [-0.3, -0.25) is 19.2 Å². The van der Waals surface area contributed by atoms with E-state index in [1.807, 2.05) is 0 Å². The van der Waals surface area contributed by atoms with Gasteiger partial charge in [-0.1, -0.05) is 66.7 Å². The normalized spacial score (nSPS) is 29.0. The number of nitrogens with zero attached hydrogens (tertiary/aromatic N) is 2. The highest BCUT2D eigenvalue weighted by Crippen LogP contribution is 2.60. The van der Waals surface area contributed by atoms with E-state index < -0.39 is 41.9 Å². The Morgan fingerprint density at radius 3 is 1.97 bits per heavy atom. The molecule has 6 atom stereocenters. The van der Waals surface area contributed by atoms with Crippen molar-refractivity contribution in [2.75, 3.05) is 6.54 Å². The molecule has 11 heteroatoms. The molecule has 2 aliphatic carbocycles. The van der Waals surface area contributed by atoms with Crippen molar-refractivity contribution >= 4 is 90.2 Å². The van der Waals surface area contributed by atoms with Gasteiger partial charge < -0.3 is 0 Å². The first kappa shape index (κ1) is 25.2. The number of hydrogen-bond acceptors (Lipinski definition) is 4. The van der Waals surface area contributed by atoms with E-state index in [2.05, 4.69) is 31.9 Å². The number of Topliss-reactive ketones (excluding diaryl/α,β-unsaturated/α-hetero) is 1. The Morgan fingerprint density at radius 2 is 1.43 bits per heavy atom. The minimum absolute atomic E-state index is 0.0373. The maximum absolute atomic E-state index is 13.6. The Balaban J connectivity index is 1.52. The summed E-state index contributed by atoms with van der Waals surface area (Å²) in [6, 6.07) is 10.4. The second-order valence-corrected chi connectivity index (χ2v) is 12.3. The van der Waals surface area contributed by atoms with Crippen molar-refractivity contribution in [3.05, 3.63) is 68.7 Å². The molecule has 2 aromatic carbocycles. The molecule has 3 fully saturated rings. The summed E-state index contributed by atoms with van der Waals surface area (Å²) in [6.45, 7) is -0.551. The van der Waals surface area contributed by atoms with Crippen LogP contribution in [0, 0.1) is 23.7 Å². The lowest BCUT2D eigenvalue weighted by Gasteiger charge is -2.31. The number of imide groups is 1. The van der Waals surface area contributed by atoms with Crippen LogP contribution < -0.4 is 0 Å². The Morgan fingerprint density at radius 1 is 0.886 bits per heavy atom. The van der Waals surface area contributed by atoms with E-state index in [0.717, 1.165) is 16.4 Å². The van der Waals surface area contributed by atoms with Gasteiger partial charge in [0, 0.05) is 30.8 Å². The SMILES string of the molecule is O=C(CN(C(=O)c1ccc(Cl)cc1)N1C(=O)[C@@H]2[C@H]3C[C@@H]([C@@H](Br)[C@H]3Br)[C@H]2C1=O)c1ccc(Cl)cc1Cl. The molecule has 5 rings (SSSR count). The fraction of sp³-hybridized carbons (Fsp3) is 0.333. The summed E-state index contributed by atoms with van der Waals surface area (Å²) in [5.74, 6) is -3.29. The average molecular weight is 664 g/mol. The highest BCUT2D eigenvalue weighted by Gasteiger charge is 2.67. The molecule has 2 aromatic rings. The molecule has 1 saturated heterocycles. The number of benzene rings is 2. The largest absolute Gasteiger partial charge is 0.292 e. The van der Waals surface area contributed by atoms with Gasteiger partial charge in [-0.15, -0.1) is 0 Å². The van der Waals surface area contributed by atoms with Gasteiger partial charge in [-0.05, 0) is 60.7 Å². The Bertz CT molecular complexity index is 1230. The zero-order valence-electron chi connectivity index (χ0n) is 17.8. The lowest BCUT2D eigenvalue weighted by Crippen LogP contribution is -2.52. The summed E-state index contributed by atoms with van der Waals surface area (Å²) in [5.41, 5.74) is 0.312. The fourth-order valence-corrected chi connectivity index (χ4v) is 8.00. The number of carbonyl (C=O) groups excluding carboxylic acids is 4. The zero-order valence-corrected chi connectivity index (χ0v) is 23.3. The lowest BCUT2D eigenvalue weighted by atomic mass is 9.81. The topological polar surface area (TPSA) is 74.8 Å². The molecule has 2 saturated carbocycles. The first-order chi connectivity index (χ1) is 16.6. The third-order valence-corrected chi connectivity index (χ3v) is 11.1. The zero-order chi connectivity index (χ0) is 25.2. The summed E-state index contributed by atoms with van der Waals surface area (Å²) >= 11 is 25.4. The van der Waals surface area contributed by atoms with E-state index in [-0.39, 0.29) is 37.6 Å². The number of amides is 3. The Labute approximate surface area is 233 Å². The highest BCUT2D eigenvalue weighted by atomic mass is 79.9. The molecule has 35 heavy (non-hydrogen) atoms. The molecule has 0 unspecified atom stereocenters. The number of halogens is 5. The van der Waals surface area contributed by atoms with Gasteiger partial charge in [0.25, 0.3) is 17.7 Å². The minimum atomic E-state index is -0.667. The first-order valence-electron chi connectivity index (χ1n) is 10.8. The van der Waals surface area contributed by atoms with Crippen molar-refractivity contribution in [2.24, 2.45) is 23.7 Å². The van der Waals surface area contributed by atoms with Gasteiger partial charge in [0.2, 0.25) is 0 Å². The summed E-state index contributed by atoms with van der Waals surface area (Å²) in [5, 5.41) is 2.69. The van der Waals surface area contributed by atoms with E-state index in [1.165, 1.54) is 42.5 Å². The third kappa shape index (κ3) is 4.15. The number of alkyl halides is 2. The number of rotatable bonds is 5. The molecular formula is C24H17Br2Cl3N2O4. The second-order valence-electron chi connectivity index (χ2n) is 8.91. The smallest absolute Gasteiger partial charge is 0.273 e. The van der Waals surface area contributed by atoms with Crippen molar-refractivity contribution < 1.29 is 19.2 Å². The Kier molecular flexibility index (Phi) is 6.81. The lowest BCUT2D eigenvalue weighted by molar-refractivity contribution is -0.154.